The Balaban J connectivity index is 0.673. The number of rotatable bonds is 10. The van der Waals surface area contributed by atoms with Gasteiger partial charge in [0.15, 0.2) is 34.9 Å². The van der Waals surface area contributed by atoms with Crippen LogP contribution in [0.3, 0.4) is 0 Å². The molecule has 3 heterocycles. The standard InChI is InChI=1S/C107H83N7/c1-105(2)90-31-13-9-27-83(90)88-60-71(43-47-91(88)105)66-35-39-69(40-36-66)100-109-102(111-103(110-100)87-30-18-29-85-81-25-10-14-32-92(81)106(97(85)87)75-51-62-49-63(53-75)54-76(106)52-62)74-22-17-21-73(59-74)80-45-46-86-82-26-11-15-33-93(82)107(77-55-64-50-65(57-77)58-78(107)56-64)98(86)96(80)104-112-99(68-19-5-3-6-20-68)108-101(113-104)70-41-37-67(38-42-70)72-44-48-95-89(61-72)84-28-12-16-34-94(84)114(95)79-23-7-4-8-24-79/h3-48,59-65,75-78H,49-58H2,1-2H3. The molecule has 0 aliphatic heterocycles. The second kappa shape index (κ2) is 24.4. The quantitative estimate of drug-likeness (QED) is 0.136. The molecule has 0 saturated heterocycles. The largest absolute Gasteiger partial charge is 0.309 e. The molecule has 7 heteroatoms. The third kappa shape index (κ3) is 9.32. The van der Waals surface area contributed by atoms with Gasteiger partial charge in [-0.25, -0.2) is 29.9 Å². The molecule has 11 aliphatic carbocycles. The van der Waals surface area contributed by atoms with E-state index in [-0.39, 0.29) is 16.2 Å². The summed E-state index contributed by atoms with van der Waals surface area (Å²) in [6.07, 6.45) is 12.8. The Morgan fingerprint density at radius 2 is 0.649 bits per heavy atom. The van der Waals surface area contributed by atoms with E-state index in [0.717, 1.165) is 96.4 Å². The zero-order valence-corrected chi connectivity index (χ0v) is 64.1. The summed E-state index contributed by atoms with van der Waals surface area (Å²) in [7, 11) is 0. The van der Waals surface area contributed by atoms with Crippen LogP contribution in [0.2, 0.25) is 0 Å². The van der Waals surface area contributed by atoms with Crippen LogP contribution in [0.25, 0.3) is 163 Å². The topological polar surface area (TPSA) is 82.3 Å². The third-order valence-electron chi connectivity index (χ3n) is 29.7. The molecule has 8 saturated carbocycles. The predicted molar refractivity (Wildman–Crippen MR) is 461 cm³/mol. The number of benzene rings is 13. The van der Waals surface area contributed by atoms with E-state index < -0.39 is 0 Å². The summed E-state index contributed by atoms with van der Waals surface area (Å²) in [4.78, 5) is 34.6. The smallest absolute Gasteiger partial charge is 0.165 e. The lowest BCUT2D eigenvalue weighted by Gasteiger charge is -2.61. The molecule has 3 aromatic heterocycles. The average Bonchev–Trinajstić information content (AvgIpc) is 1.49. The Hall–Kier alpha value is -12.3. The van der Waals surface area contributed by atoms with Gasteiger partial charge in [-0.2, -0.15) is 0 Å². The fourth-order valence-corrected chi connectivity index (χ4v) is 25.6. The first-order chi connectivity index (χ1) is 56.1. The molecule has 0 amide bonds. The minimum atomic E-state index is -0.237. The van der Waals surface area contributed by atoms with Gasteiger partial charge in [-0.15, -0.1) is 0 Å². The first kappa shape index (κ1) is 65.3. The lowest BCUT2D eigenvalue weighted by atomic mass is 9.42. The van der Waals surface area contributed by atoms with Gasteiger partial charge in [-0.3, -0.25) is 0 Å². The average molecular weight is 1470 g/mol. The summed E-state index contributed by atoms with van der Waals surface area (Å²) in [5.74, 6) is 9.22. The number of fused-ring (bicyclic) bond motifs is 12. The number of hydrogen-bond donors (Lipinski definition) is 0. The van der Waals surface area contributed by atoms with E-state index in [2.05, 4.69) is 316 Å². The summed E-state index contributed by atoms with van der Waals surface area (Å²) in [5, 5.41) is 2.45. The van der Waals surface area contributed by atoms with Crippen LogP contribution in [0.15, 0.2) is 297 Å². The van der Waals surface area contributed by atoms with Crippen LogP contribution >= 0.6 is 0 Å². The van der Waals surface area contributed by atoms with Gasteiger partial charge in [0, 0.05) is 66.1 Å². The highest BCUT2D eigenvalue weighted by atomic mass is 15.0. The summed E-state index contributed by atoms with van der Waals surface area (Å²) in [5.41, 5.74) is 32.5. The molecule has 7 nitrogen and oxygen atoms in total. The van der Waals surface area contributed by atoms with E-state index in [4.69, 9.17) is 29.9 Å². The summed E-state index contributed by atoms with van der Waals surface area (Å²) < 4.78 is 2.38. The van der Waals surface area contributed by atoms with Gasteiger partial charge < -0.3 is 4.57 Å². The Morgan fingerprint density at radius 3 is 1.27 bits per heavy atom. The van der Waals surface area contributed by atoms with Gasteiger partial charge in [0.1, 0.15) is 0 Å². The molecule has 2 spiro atoms. The minimum absolute atomic E-state index is 0.0697. The molecule has 8 fully saturated rings. The molecule has 11 aliphatic rings. The summed E-state index contributed by atoms with van der Waals surface area (Å²) >= 11 is 0. The van der Waals surface area contributed by atoms with E-state index in [1.807, 2.05) is 0 Å². The van der Waals surface area contributed by atoms with E-state index in [9.17, 15) is 0 Å². The van der Waals surface area contributed by atoms with Crippen molar-refractivity contribution < 1.29 is 0 Å². The van der Waals surface area contributed by atoms with Gasteiger partial charge in [0.05, 0.1) is 11.0 Å². The Kier molecular flexibility index (Phi) is 13.9. The van der Waals surface area contributed by atoms with Crippen molar-refractivity contribution in [1.29, 1.82) is 0 Å². The Morgan fingerprint density at radius 1 is 0.246 bits per heavy atom. The second-order valence-corrected chi connectivity index (χ2v) is 35.6. The van der Waals surface area contributed by atoms with Gasteiger partial charge in [0.2, 0.25) is 0 Å². The zero-order valence-electron chi connectivity index (χ0n) is 64.1. The van der Waals surface area contributed by atoms with Crippen molar-refractivity contribution in [2.45, 2.75) is 94.3 Å². The van der Waals surface area contributed by atoms with Crippen LogP contribution < -0.4 is 0 Å². The monoisotopic (exact) mass is 1470 g/mol. The van der Waals surface area contributed by atoms with Crippen molar-refractivity contribution in [3.8, 4) is 141 Å². The van der Waals surface area contributed by atoms with Crippen molar-refractivity contribution in [3.63, 3.8) is 0 Å². The Bertz CT molecular complexity index is 6670. The molecule has 16 aromatic rings. The SMILES string of the molecule is CC1(C)c2ccccc2-c2cc(-c3ccc(-c4nc(-c5cccc(-c6ccc7c(c6-c6nc(-c8ccccc8)nc(-c8ccc(-c9ccc%10c(c9)c9ccccc9n%10-c9ccccc9)cc8)n6)C6(c8ccccc8-7)C7CC8CC(C7)CC6C8)c5)nc(-c5cccc6c5C5(c7ccccc7-6)C6CC7CC(C6)CC5C7)n4)cc3)ccc21. The van der Waals surface area contributed by atoms with Crippen LogP contribution in [0.1, 0.15) is 111 Å². The van der Waals surface area contributed by atoms with Crippen LogP contribution in [0.4, 0.5) is 0 Å². The molecular weight excluding hydrogens is 1380 g/mol. The van der Waals surface area contributed by atoms with Crippen molar-refractivity contribution >= 4 is 21.8 Å². The first-order valence-corrected chi connectivity index (χ1v) is 41.9. The first-order valence-electron chi connectivity index (χ1n) is 41.9. The molecule has 114 heavy (non-hydrogen) atoms. The maximum Gasteiger partial charge on any atom is 0.165 e. The predicted octanol–water partition coefficient (Wildman–Crippen LogP) is 25.9. The Labute approximate surface area is 665 Å². The highest BCUT2D eigenvalue weighted by molar-refractivity contribution is 6.10. The molecule has 27 rings (SSSR count). The molecular formula is C107H83N7. The van der Waals surface area contributed by atoms with Crippen LogP contribution in [-0.2, 0) is 16.2 Å². The van der Waals surface area contributed by atoms with Crippen molar-refractivity contribution in [1.82, 2.24) is 34.5 Å². The number of para-hydroxylation sites is 2. The maximum atomic E-state index is 5.91. The lowest BCUT2D eigenvalue weighted by molar-refractivity contribution is -0.0397. The van der Waals surface area contributed by atoms with Crippen LogP contribution in [0, 0.1) is 47.3 Å². The van der Waals surface area contributed by atoms with Crippen LogP contribution in [0.5, 0.6) is 0 Å². The summed E-state index contributed by atoms with van der Waals surface area (Å²) in [6.45, 7) is 4.71. The fraction of sp³-hybridized carbons (Fsp3) is 0.215. The second-order valence-electron chi connectivity index (χ2n) is 35.6. The van der Waals surface area contributed by atoms with Gasteiger partial charge in [-0.05, 0) is 254 Å². The molecule has 0 radical (unpaired) electrons. The zero-order chi connectivity index (χ0) is 74.9. The molecule has 546 valence electrons. The highest BCUT2D eigenvalue weighted by Crippen LogP contribution is 2.73. The summed E-state index contributed by atoms with van der Waals surface area (Å²) in [6, 6.07) is 111. The normalized spacial score (nSPS) is 23.5. The van der Waals surface area contributed by atoms with Crippen LogP contribution in [-0.4, -0.2) is 34.5 Å². The number of nitrogens with zero attached hydrogens (tertiary/aromatic N) is 7. The number of hydrogen-bond acceptors (Lipinski definition) is 6. The van der Waals surface area contributed by atoms with Crippen molar-refractivity contribution in [2.75, 3.05) is 0 Å². The minimum Gasteiger partial charge on any atom is -0.309 e. The van der Waals surface area contributed by atoms with E-state index >= 15 is 0 Å². The highest BCUT2D eigenvalue weighted by Gasteiger charge is 2.64. The molecule has 0 atom stereocenters. The van der Waals surface area contributed by atoms with Crippen molar-refractivity contribution in [3.05, 3.63) is 331 Å². The van der Waals surface area contributed by atoms with Gasteiger partial charge in [-0.1, -0.05) is 269 Å². The molecule has 8 bridgehead atoms. The molecule has 0 N–H and O–H groups in total. The molecule has 13 aromatic carbocycles. The maximum absolute atomic E-state index is 5.91. The number of aromatic nitrogens is 7. The fourth-order valence-electron chi connectivity index (χ4n) is 25.6. The van der Waals surface area contributed by atoms with E-state index in [0.29, 0.717) is 52.8 Å². The van der Waals surface area contributed by atoms with E-state index in [1.54, 1.807) is 0 Å². The van der Waals surface area contributed by atoms with Gasteiger partial charge in [0.25, 0.3) is 0 Å². The lowest BCUT2D eigenvalue weighted by Crippen LogP contribution is -2.55. The third-order valence-corrected chi connectivity index (χ3v) is 29.7. The van der Waals surface area contributed by atoms with E-state index in [1.165, 1.54) is 158 Å². The van der Waals surface area contributed by atoms with Gasteiger partial charge >= 0.3 is 0 Å². The van der Waals surface area contributed by atoms with Crippen molar-refractivity contribution in [2.24, 2.45) is 47.3 Å². The molecule has 0 unspecified atom stereocenters.